The van der Waals surface area contributed by atoms with E-state index >= 15 is 0 Å². The van der Waals surface area contributed by atoms with Gasteiger partial charge in [-0.3, -0.25) is 0 Å². The molecule has 140 valence electrons. The molecule has 0 amide bonds. The zero-order valence-electron chi connectivity index (χ0n) is 14.5. The molecule has 1 N–H and O–H groups in total. The molecule has 1 nitrogen and oxygen atoms in total. The van der Waals surface area contributed by atoms with Crippen LogP contribution in [0, 0.1) is 0 Å². The molecule has 23 heavy (non-hydrogen) atoms. The molecular formula is C18H34Br4O. The van der Waals surface area contributed by atoms with Crippen molar-refractivity contribution in [3.05, 3.63) is 0 Å². The third-order valence-corrected chi connectivity index (χ3v) is 9.84. The maximum Gasteiger partial charge on any atom is 0.0431 e. The summed E-state index contributed by atoms with van der Waals surface area (Å²) in [6.45, 7) is 2.60. The van der Waals surface area contributed by atoms with E-state index in [2.05, 4.69) is 70.6 Å². The molecule has 4 unspecified atom stereocenters. The minimum atomic E-state index is 0.343. The van der Waals surface area contributed by atoms with Crippen LogP contribution in [0.15, 0.2) is 0 Å². The van der Waals surface area contributed by atoms with E-state index in [1.54, 1.807) is 0 Å². The quantitative estimate of drug-likeness (QED) is 0.145. The monoisotopic (exact) mass is 582 g/mol. The average molecular weight is 586 g/mol. The van der Waals surface area contributed by atoms with Gasteiger partial charge >= 0.3 is 0 Å². The van der Waals surface area contributed by atoms with Gasteiger partial charge in [0.25, 0.3) is 0 Å². The lowest BCUT2D eigenvalue weighted by Gasteiger charge is -2.23. The standard InChI is InChI=1S/C18H34Br4O/c1-2-3-8-11-15(19)17(21)14-18(22)16(20)12-9-6-4-5-7-10-13-23/h15-18,23H,2-14H2,1H3. The highest BCUT2D eigenvalue weighted by atomic mass is 79.9. The molecule has 0 aromatic rings. The van der Waals surface area contributed by atoms with Gasteiger partial charge in [-0.15, -0.1) is 0 Å². The second-order valence-corrected chi connectivity index (χ2v) is 11.1. The van der Waals surface area contributed by atoms with Gasteiger partial charge in [-0.25, -0.2) is 0 Å². The number of aliphatic hydroxyl groups is 1. The second kappa shape index (κ2) is 17.3. The average Bonchev–Trinajstić information content (AvgIpc) is 2.53. The van der Waals surface area contributed by atoms with Crippen molar-refractivity contribution < 1.29 is 5.11 Å². The van der Waals surface area contributed by atoms with Gasteiger partial charge in [0.15, 0.2) is 0 Å². The summed E-state index contributed by atoms with van der Waals surface area (Å²) in [6, 6.07) is 0. The van der Waals surface area contributed by atoms with Crippen LogP contribution in [0.1, 0.15) is 84.0 Å². The zero-order chi connectivity index (χ0) is 17.5. The van der Waals surface area contributed by atoms with E-state index in [1.165, 1.54) is 64.2 Å². The van der Waals surface area contributed by atoms with Crippen molar-refractivity contribution in [1.29, 1.82) is 0 Å². The van der Waals surface area contributed by atoms with E-state index in [9.17, 15) is 0 Å². The Kier molecular flexibility index (Phi) is 18.7. The second-order valence-electron chi connectivity index (χ2n) is 6.43. The van der Waals surface area contributed by atoms with Crippen LogP contribution in [0.2, 0.25) is 0 Å². The molecule has 0 aliphatic rings. The van der Waals surface area contributed by atoms with Crippen LogP contribution in [0.3, 0.4) is 0 Å². The third-order valence-electron chi connectivity index (χ3n) is 4.21. The number of aliphatic hydroxyl groups excluding tert-OH is 1. The highest BCUT2D eigenvalue weighted by Gasteiger charge is 2.23. The number of unbranched alkanes of at least 4 members (excludes halogenated alkanes) is 7. The van der Waals surface area contributed by atoms with Gasteiger partial charge in [0.1, 0.15) is 0 Å². The molecule has 0 heterocycles. The molecule has 5 heteroatoms. The predicted molar refractivity (Wildman–Crippen MR) is 119 cm³/mol. The molecule has 0 spiro atoms. The van der Waals surface area contributed by atoms with Gasteiger partial charge in [0, 0.05) is 25.9 Å². The summed E-state index contributed by atoms with van der Waals surface area (Å²) >= 11 is 15.4. The lowest BCUT2D eigenvalue weighted by molar-refractivity contribution is 0.282. The Hall–Kier alpha value is 1.88. The molecule has 0 saturated heterocycles. The fraction of sp³-hybridized carbons (Fsp3) is 1.00. The Morgan fingerprint density at radius 2 is 1.04 bits per heavy atom. The molecule has 0 aromatic heterocycles. The third kappa shape index (κ3) is 14.7. The SMILES string of the molecule is CCCCCC(Br)C(Br)CC(Br)C(Br)CCCCCCCCO. The summed E-state index contributed by atoms with van der Waals surface area (Å²) in [7, 11) is 0. The maximum atomic E-state index is 8.76. The molecule has 0 bridgehead atoms. The van der Waals surface area contributed by atoms with E-state index in [4.69, 9.17) is 5.11 Å². The van der Waals surface area contributed by atoms with Crippen molar-refractivity contribution in [1.82, 2.24) is 0 Å². The van der Waals surface area contributed by atoms with Gasteiger partial charge in [0.2, 0.25) is 0 Å². The molecule has 0 fully saturated rings. The Morgan fingerprint density at radius 3 is 1.52 bits per heavy atom. The van der Waals surface area contributed by atoms with Crippen molar-refractivity contribution in [3.8, 4) is 0 Å². The first-order valence-corrected chi connectivity index (χ1v) is 12.9. The van der Waals surface area contributed by atoms with Crippen LogP contribution >= 0.6 is 63.7 Å². The van der Waals surface area contributed by atoms with E-state index in [-0.39, 0.29) is 0 Å². The molecule has 0 saturated carbocycles. The maximum absolute atomic E-state index is 8.76. The minimum Gasteiger partial charge on any atom is -0.396 e. The molecule has 0 aliphatic heterocycles. The van der Waals surface area contributed by atoms with Crippen LogP contribution in [-0.2, 0) is 0 Å². The first kappa shape index (κ1) is 24.9. The van der Waals surface area contributed by atoms with Crippen LogP contribution < -0.4 is 0 Å². The number of alkyl halides is 4. The lowest BCUT2D eigenvalue weighted by atomic mass is 10.0. The minimum absolute atomic E-state index is 0.343. The van der Waals surface area contributed by atoms with Crippen LogP contribution in [0.5, 0.6) is 0 Å². The van der Waals surface area contributed by atoms with Crippen LogP contribution in [0.25, 0.3) is 0 Å². The van der Waals surface area contributed by atoms with Gasteiger partial charge < -0.3 is 5.11 Å². The number of halogens is 4. The van der Waals surface area contributed by atoms with Crippen molar-refractivity contribution in [2.75, 3.05) is 6.61 Å². The van der Waals surface area contributed by atoms with Gasteiger partial charge in [-0.05, 0) is 25.7 Å². The van der Waals surface area contributed by atoms with Crippen molar-refractivity contribution in [3.63, 3.8) is 0 Å². The Labute approximate surface area is 177 Å². The molecule has 0 aliphatic carbocycles. The molecule has 0 radical (unpaired) electrons. The Bertz CT molecular complexity index is 253. The molecular weight excluding hydrogens is 552 g/mol. The highest BCUT2D eigenvalue weighted by molar-refractivity contribution is 9.13. The fourth-order valence-corrected chi connectivity index (χ4v) is 5.53. The number of hydrogen-bond acceptors (Lipinski definition) is 1. The van der Waals surface area contributed by atoms with Gasteiger partial charge in [-0.2, -0.15) is 0 Å². The molecule has 0 rings (SSSR count). The van der Waals surface area contributed by atoms with E-state index in [1.807, 2.05) is 0 Å². The van der Waals surface area contributed by atoms with E-state index in [0.29, 0.717) is 25.9 Å². The molecule has 0 aromatic carbocycles. The number of rotatable bonds is 16. The van der Waals surface area contributed by atoms with Crippen molar-refractivity contribution in [2.45, 2.75) is 103 Å². The zero-order valence-corrected chi connectivity index (χ0v) is 20.8. The summed E-state index contributed by atoms with van der Waals surface area (Å²) in [6.07, 6.45) is 14.9. The summed E-state index contributed by atoms with van der Waals surface area (Å²) < 4.78 is 0. The summed E-state index contributed by atoms with van der Waals surface area (Å²) in [4.78, 5) is 2.17. The lowest BCUT2D eigenvalue weighted by Crippen LogP contribution is -2.23. The predicted octanol–water partition coefficient (Wildman–Crippen LogP) is 7.73. The van der Waals surface area contributed by atoms with Gasteiger partial charge in [-0.1, -0.05) is 122 Å². The summed E-state index contributed by atoms with van der Waals surface area (Å²) in [5, 5.41) is 8.76. The van der Waals surface area contributed by atoms with E-state index in [0.717, 1.165) is 12.8 Å². The van der Waals surface area contributed by atoms with Crippen molar-refractivity contribution >= 4 is 63.7 Å². The summed E-state index contributed by atoms with van der Waals surface area (Å²) in [5.74, 6) is 0. The van der Waals surface area contributed by atoms with Crippen LogP contribution in [-0.4, -0.2) is 31.0 Å². The first-order valence-electron chi connectivity index (χ1n) is 9.20. The Morgan fingerprint density at radius 1 is 0.609 bits per heavy atom. The first-order chi connectivity index (χ1) is 11.0. The smallest absolute Gasteiger partial charge is 0.0431 e. The van der Waals surface area contributed by atoms with Gasteiger partial charge in [0.05, 0.1) is 0 Å². The van der Waals surface area contributed by atoms with Crippen molar-refractivity contribution in [2.24, 2.45) is 0 Å². The summed E-state index contributed by atoms with van der Waals surface area (Å²) in [5.41, 5.74) is 0. The van der Waals surface area contributed by atoms with E-state index < -0.39 is 0 Å². The fourth-order valence-electron chi connectivity index (χ4n) is 2.62. The normalized spacial score (nSPS) is 17.0. The number of hydrogen-bond donors (Lipinski definition) is 1. The van der Waals surface area contributed by atoms with Crippen LogP contribution in [0.4, 0.5) is 0 Å². The largest absolute Gasteiger partial charge is 0.396 e. The highest BCUT2D eigenvalue weighted by Crippen LogP contribution is 2.31. The molecule has 4 atom stereocenters. The Balaban J connectivity index is 3.72. The topological polar surface area (TPSA) is 20.2 Å².